The lowest BCUT2D eigenvalue weighted by Gasteiger charge is -2.31. The molecule has 0 fully saturated rings. The second-order valence-electron chi connectivity index (χ2n) is 15.5. The number of likely N-dealkylation sites (N-methyl/N-ethyl adjacent to an activating group) is 1. The molecule has 8 heteroatoms. The number of esters is 2. The summed E-state index contributed by atoms with van der Waals surface area (Å²) in [5.41, 5.74) is 0. The Balaban J connectivity index is 4.48. The summed E-state index contributed by atoms with van der Waals surface area (Å²) in [6, 6.07) is -0.632. The fraction of sp³-hybridized carbons (Fsp3) is 0.620. The number of hydrogen-bond donors (Lipinski definition) is 1. The first kappa shape index (κ1) is 54.2. The Morgan fingerprint density at radius 3 is 1.40 bits per heavy atom. The van der Waals surface area contributed by atoms with Crippen LogP contribution in [-0.4, -0.2) is 80.6 Å². The van der Waals surface area contributed by atoms with E-state index >= 15 is 0 Å². The second kappa shape index (κ2) is 40.0. The molecule has 0 spiro atoms. The highest BCUT2D eigenvalue weighted by Gasteiger charge is 2.31. The topological polar surface area (TPSA) is 99.1 Å². The minimum absolute atomic E-state index is 0.0291. The van der Waals surface area contributed by atoms with Crippen molar-refractivity contribution in [3.63, 3.8) is 0 Å². The summed E-state index contributed by atoms with van der Waals surface area (Å²) in [7, 11) is 5.49. The number of rotatable bonds is 38. The van der Waals surface area contributed by atoms with Crippen molar-refractivity contribution in [2.75, 3.05) is 41.0 Å². The molecule has 0 heterocycles. The Bertz CT molecular complexity index is 1260. The molecule has 1 N–H and O–H groups in total. The van der Waals surface area contributed by atoms with Gasteiger partial charge in [0.25, 0.3) is 0 Å². The molecular formula is C50H82NO7+. The lowest BCUT2D eigenvalue weighted by atomic mass is 10.1. The van der Waals surface area contributed by atoms with Gasteiger partial charge in [0.2, 0.25) is 0 Å². The van der Waals surface area contributed by atoms with Gasteiger partial charge in [-0.2, -0.15) is 0 Å². The van der Waals surface area contributed by atoms with Gasteiger partial charge in [0.1, 0.15) is 6.61 Å². The van der Waals surface area contributed by atoms with Gasteiger partial charge < -0.3 is 23.8 Å². The highest BCUT2D eigenvalue weighted by Crippen LogP contribution is 2.12. The summed E-state index contributed by atoms with van der Waals surface area (Å²) < 4.78 is 17.2. The molecule has 58 heavy (non-hydrogen) atoms. The van der Waals surface area contributed by atoms with Crippen LogP contribution in [0.25, 0.3) is 0 Å². The van der Waals surface area contributed by atoms with E-state index in [0.717, 1.165) is 83.5 Å². The van der Waals surface area contributed by atoms with E-state index in [9.17, 15) is 19.5 Å². The summed E-state index contributed by atoms with van der Waals surface area (Å²) in [5, 5.41) is 9.62. The zero-order valence-electron chi connectivity index (χ0n) is 37.2. The first-order chi connectivity index (χ1) is 28.1. The highest BCUT2D eigenvalue weighted by molar-refractivity contribution is 5.72. The highest BCUT2D eigenvalue weighted by atomic mass is 16.6. The van der Waals surface area contributed by atoms with Crippen LogP contribution in [0.3, 0.4) is 0 Å². The molecule has 0 aromatic carbocycles. The third-order valence-corrected chi connectivity index (χ3v) is 9.23. The number of nitrogens with zero attached hydrogens (tertiary/aromatic N) is 1. The predicted octanol–water partition coefficient (Wildman–Crippen LogP) is 12.3. The van der Waals surface area contributed by atoms with E-state index in [4.69, 9.17) is 14.2 Å². The van der Waals surface area contributed by atoms with Gasteiger partial charge in [-0.05, 0) is 83.5 Å². The van der Waals surface area contributed by atoms with Gasteiger partial charge in [0, 0.05) is 19.3 Å². The Kier molecular flexibility index (Phi) is 37.5. The molecule has 0 radical (unpaired) electrons. The average Bonchev–Trinajstić information content (AvgIpc) is 3.18. The Hall–Kier alpha value is -3.75. The molecular weight excluding hydrogens is 727 g/mol. The largest absolute Gasteiger partial charge is 0.477 e. The van der Waals surface area contributed by atoms with Crippen LogP contribution in [0.2, 0.25) is 0 Å². The molecule has 0 saturated heterocycles. The molecule has 0 aliphatic heterocycles. The molecule has 0 bridgehead atoms. The van der Waals surface area contributed by atoms with Gasteiger partial charge in [-0.3, -0.25) is 9.59 Å². The quantitative estimate of drug-likeness (QED) is 0.0287. The van der Waals surface area contributed by atoms with Gasteiger partial charge in [0.05, 0.1) is 34.4 Å². The summed E-state index contributed by atoms with van der Waals surface area (Å²) in [4.78, 5) is 37.0. The summed E-state index contributed by atoms with van der Waals surface area (Å²) in [5.74, 6) is -1.57. The van der Waals surface area contributed by atoms with E-state index in [1.165, 1.54) is 25.7 Å². The van der Waals surface area contributed by atoms with Crippen LogP contribution in [-0.2, 0) is 28.6 Å². The van der Waals surface area contributed by atoms with Crippen LogP contribution in [0.15, 0.2) is 97.2 Å². The van der Waals surface area contributed by atoms with Crippen LogP contribution < -0.4 is 0 Å². The first-order valence-electron chi connectivity index (χ1n) is 22.3. The molecule has 2 atom stereocenters. The Labute approximate surface area is 354 Å². The van der Waals surface area contributed by atoms with Crippen LogP contribution in [0, 0.1) is 0 Å². The van der Waals surface area contributed by atoms with Crippen molar-refractivity contribution in [3.05, 3.63) is 97.2 Å². The van der Waals surface area contributed by atoms with Crippen LogP contribution >= 0.6 is 0 Å². The van der Waals surface area contributed by atoms with Gasteiger partial charge in [-0.1, -0.05) is 143 Å². The van der Waals surface area contributed by atoms with Gasteiger partial charge in [-0.25, -0.2) is 4.79 Å². The van der Waals surface area contributed by atoms with Gasteiger partial charge in [0.15, 0.2) is 12.1 Å². The van der Waals surface area contributed by atoms with E-state index in [0.29, 0.717) is 19.3 Å². The number of quaternary nitrogens is 1. The number of carbonyl (C=O) groups excluding carboxylic acids is 2. The summed E-state index contributed by atoms with van der Waals surface area (Å²) in [6.45, 7) is 4.42. The third kappa shape index (κ3) is 37.8. The van der Waals surface area contributed by atoms with Crippen molar-refractivity contribution in [2.24, 2.45) is 0 Å². The fourth-order valence-corrected chi connectivity index (χ4v) is 5.85. The van der Waals surface area contributed by atoms with E-state index < -0.39 is 18.1 Å². The number of ether oxygens (including phenoxy) is 3. The van der Waals surface area contributed by atoms with Gasteiger partial charge in [-0.15, -0.1) is 0 Å². The molecule has 0 aliphatic rings. The van der Waals surface area contributed by atoms with Crippen LogP contribution in [0.4, 0.5) is 0 Å². The van der Waals surface area contributed by atoms with E-state index in [1.54, 1.807) is 0 Å². The Morgan fingerprint density at radius 1 is 0.517 bits per heavy atom. The maximum Gasteiger partial charge on any atom is 0.362 e. The van der Waals surface area contributed by atoms with Crippen molar-refractivity contribution in [1.82, 2.24) is 0 Å². The fourth-order valence-electron chi connectivity index (χ4n) is 5.85. The third-order valence-electron chi connectivity index (χ3n) is 9.23. The smallest absolute Gasteiger partial charge is 0.362 e. The summed E-state index contributed by atoms with van der Waals surface area (Å²) in [6.07, 6.45) is 53.2. The molecule has 328 valence electrons. The standard InChI is InChI=1S/C50H81NO7/c1-6-8-10-12-14-16-18-20-22-23-24-25-26-27-29-31-33-35-37-39-41-49(53)58-46(44-56-43-42-47(50(54)55)51(3,4)5)45-57-48(52)40-38-36-34-32-30-28-21-19-17-15-13-11-9-7-2/h8-11,14-17,20,22,24-25,27,29,33,35,46-47H,6-7,12-13,18-19,21,23,26,28,30-32,34,36-45H2,1-5H3/p+1/b10-8+,11-9+,16-14+,17-15+,22-20+,25-24+,29-27+,35-33+. The van der Waals surface area contributed by atoms with Crippen LogP contribution in [0.5, 0.6) is 0 Å². The number of carboxylic acids is 1. The van der Waals surface area contributed by atoms with Crippen LogP contribution in [0.1, 0.15) is 149 Å². The van der Waals surface area contributed by atoms with Crippen molar-refractivity contribution in [2.45, 2.75) is 161 Å². The zero-order valence-corrected chi connectivity index (χ0v) is 37.2. The minimum Gasteiger partial charge on any atom is -0.477 e. The molecule has 2 unspecified atom stereocenters. The maximum atomic E-state index is 12.7. The molecule has 0 saturated carbocycles. The maximum absolute atomic E-state index is 12.7. The molecule has 0 aliphatic carbocycles. The van der Waals surface area contributed by atoms with Crippen molar-refractivity contribution >= 4 is 17.9 Å². The average molecular weight is 809 g/mol. The number of carboxylic acid groups (broad SMARTS) is 1. The number of carbonyl (C=O) groups is 3. The van der Waals surface area contributed by atoms with Crippen molar-refractivity contribution in [3.8, 4) is 0 Å². The predicted molar refractivity (Wildman–Crippen MR) is 243 cm³/mol. The lowest BCUT2D eigenvalue weighted by Crippen LogP contribution is -2.50. The minimum atomic E-state index is -0.890. The monoisotopic (exact) mass is 809 g/mol. The van der Waals surface area contributed by atoms with Crippen molar-refractivity contribution in [1.29, 1.82) is 0 Å². The first-order valence-corrected chi connectivity index (χ1v) is 22.3. The lowest BCUT2D eigenvalue weighted by molar-refractivity contribution is -0.887. The molecule has 0 rings (SSSR count). The van der Waals surface area contributed by atoms with E-state index in [1.807, 2.05) is 21.1 Å². The summed E-state index contributed by atoms with van der Waals surface area (Å²) >= 11 is 0. The number of aliphatic carboxylic acids is 1. The Morgan fingerprint density at radius 2 is 0.931 bits per heavy atom. The molecule has 0 aromatic heterocycles. The number of unbranched alkanes of at least 4 members (excludes halogenated alkanes) is 8. The SMILES string of the molecule is CC/C=C/C/C=C/C/C=C/C/C=C/C/C=C/C/C=C/CCCC(=O)OC(COCCC(C(=O)O)[N+](C)(C)C)COC(=O)CCCCCCCCC/C=C/C/C=C/CC. The zero-order chi connectivity index (χ0) is 42.8. The normalized spacial score (nSPS) is 13.9. The van der Waals surface area contributed by atoms with E-state index in [2.05, 4.69) is 111 Å². The second-order valence-corrected chi connectivity index (χ2v) is 15.5. The molecule has 0 amide bonds. The van der Waals surface area contributed by atoms with Gasteiger partial charge >= 0.3 is 17.9 Å². The molecule has 0 aromatic rings. The molecule has 8 nitrogen and oxygen atoms in total. The number of hydrogen-bond acceptors (Lipinski definition) is 6. The van der Waals surface area contributed by atoms with Crippen molar-refractivity contribution < 1.29 is 38.2 Å². The van der Waals surface area contributed by atoms with E-state index in [-0.39, 0.29) is 42.7 Å². The number of allylic oxidation sites excluding steroid dienone is 16.